The van der Waals surface area contributed by atoms with Crippen molar-refractivity contribution >= 4 is 21.9 Å². The van der Waals surface area contributed by atoms with Crippen LogP contribution in [-0.4, -0.2) is 16.2 Å². The first-order valence-electron chi connectivity index (χ1n) is 4.12. The number of carboxylic acids is 1. The van der Waals surface area contributed by atoms with Crippen molar-refractivity contribution in [2.45, 2.75) is 20.3 Å². The number of carbonyl (C=O) groups is 1. The van der Waals surface area contributed by atoms with Gasteiger partial charge in [-0.15, -0.1) is 0 Å². The SMILES string of the molecule is Cc1cc(Br)c(C)c(CC(=O)O)c1O. The standard InChI is InChI=1S/C10H11BrO3/c1-5-3-8(11)6(2)7(10(5)14)4-9(12)13/h3,14H,4H2,1-2H3,(H,12,13). The Balaban J connectivity index is 3.31. The highest BCUT2D eigenvalue weighted by molar-refractivity contribution is 9.10. The van der Waals surface area contributed by atoms with E-state index in [4.69, 9.17) is 5.11 Å². The number of aryl methyl sites for hydroxylation is 1. The van der Waals surface area contributed by atoms with E-state index in [1.54, 1.807) is 19.9 Å². The van der Waals surface area contributed by atoms with Crippen molar-refractivity contribution in [2.75, 3.05) is 0 Å². The fourth-order valence-corrected chi connectivity index (χ4v) is 1.88. The number of rotatable bonds is 2. The minimum absolute atomic E-state index is 0.0769. The summed E-state index contributed by atoms with van der Waals surface area (Å²) < 4.78 is 0.823. The molecule has 3 nitrogen and oxygen atoms in total. The molecule has 76 valence electrons. The van der Waals surface area contributed by atoms with E-state index in [1.807, 2.05) is 0 Å². The van der Waals surface area contributed by atoms with Crippen molar-refractivity contribution in [3.63, 3.8) is 0 Å². The second-order valence-electron chi connectivity index (χ2n) is 3.20. The van der Waals surface area contributed by atoms with E-state index < -0.39 is 5.97 Å². The minimum Gasteiger partial charge on any atom is -0.507 e. The molecule has 0 radical (unpaired) electrons. The highest BCUT2D eigenvalue weighted by Gasteiger charge is 2.13. The highest BCUT2D eigenvalue weighted by Crippen LogP contribution is 2.31. The van der Waals surface area contributed by atoms with Crippen LogP contribution in [0.3, 0.4) is 0 Å². The Hall–Kier alpha value is -1.03. The van der Waals surface area contributed by atoms with Crippen LogP contribution >= 0.6 is 15.9 Å². The molecule has 0 aromatic heterocycles. The van der Waals surface area contributed by atoms with E-state index in [9.17, 15) is 9.90 Å². The third-order valence-corrected chi connectivity index (χ3v) is 2.97. The van der Waals surface area contributed by atoms with Gasteiger partial charge in [0.1, 0.15) is 5.75 Å². The lowest BCUT2D eigenvalue weighted by Crippen LogP contribution is -2.03. The summed E-state index contributed by atoms with van der Waals surface area (Å²) in [4.78, 5) is 10.6. The number of hydrogen-bond acceptors (Lipinski definition) is 2. The van der Waals surface area contributed by atoms with E-state index in [0.717, 1.165) is 10.0 Å². The summed E-state index contributed by atoms with van der Waals surface area (Å²) in [6.45, 7) is 3.52. The Morgan fingerprint density at radius 1 is 1.50 bits per heavy atom. The van der Waals surface area contributed by atoms with Gasteiger partial charge in [-0.05, 0) is 31.0 Å². The molecule has 0 fully saturated rings. The second kappa shape index (κ2) is 4.00. The molecule has 2 N–H and O–H groups in total. The van der Waals surface area contributed by atoms with Crippen molar-refractivity contribution in [1.82, 2.24) is 0 Å². The highest BCUT2D eigenvalue weighted by atomic mass is 79.9. The van der Waals surface area contributed by atoms with E-state index in [-0.39, 0.29) is 12.2 Å². The van der Waals surface area contributed by atoms with Crippen molar-refractivity contribution in [1.29, 1.82) is 0 Å². The largest absolute Gasteiger partial charge is 0.507 e. The Morgan fingerprint density at radius 2 is 2.07 bits per heavy atom. The molecular formula is C10H11BrO3. The summed E-state index contributed by atoms with van der Waals surface area (Å²) >= 11 is 3.32. The average molecular weight is 259 g/mol. The summed E-state index contributed by atoms with van der Waals surface area (Å²) in [5, 5.41) is 18.3. The lowest BCUT2D eigenvalue weighted by Gasteiger charge is -2.10. The molecule has 0 aliphatic rings. The monoisotopic (exact) mass is 258 g/mol. The zero-order valence-corrected chi connectivity index (χ0v) is 9.55. The van der Waals surface area contributed by atoms with Crippen molar-refractivity contribution in [3.8, 4) is 5.75 Å². The quantitative estimate of drug-likeness (QED) is 0.857. The molecule has 0 atom stereocenters. The molecule has 14 heavy (non-hydrogen) atoms. The maximum absolute atomic E-state index is 10.6. The number of hydrogen-bond donors (Lipinski definition) is 2. The van der Waals surface area contributed by atoms with Crippen molar-refractivity contribution < 1.29 is 15.0 Å². The van der Waals surface area contributed by atoms with Crippen LogP contribution in [0.4, 0.5) is 0 Å². The predicted octanol–water partition coefficient (Wildman–Crippen LogP) is 2.40. The number of aromatic hydroxyl groups is 1. The lowest BCUT2D eigenvalue weighted by atomic mass is 10.0. The van der Waals surface area contributed by atoms with E-state index in [2.05, 4.69) is 15.9 Å². The predicted molar refractivity (Wildman–Crippen MR) is 56.6 cm³/mol. The van der Waals surface area contributed by atoms with E-state index >= 15 is 0 Å². The third-order valence-electron chi connectivity index (χ3n) is 2.14. The number of benzene rings is 1. The Morgan fingerprint density at radius 3 is 2.57 bits per heavy atom. The Kier molecular flexibility index (Phi) is 3.16. The van der Waals surface area contributed by atoms with Gasteiger partial charge in [-0.25, -0.2) is 0 Å². The maximum atomic E-state index is 10.6. The van der Waals surface area contributed by atoms with Gasteiger partial charge in [-0.1, -0.05) is 15.9 Å². The van der Waals surface area contributed by atoms with Gasteiger partial charge in [-0.2, -0.15) is 0 Å². The van der Waals surface area contributed by atoms with Gasteiger partial charge in [0.05, 0.1) is 6.42 Å². The van der Waals surface area contributed by atoms with Crippen LogP contribution in [0, 0.1) is 13.8 Å². The fourth-order valence-electron chi connectivity index (χ4n) is 1.29. The molecule has 0 amide bonds. The normalized spacial score (nSPS) is 10.2. The van der Waals surface area contributed by atoms with Crippen LogP contribution < -0.4 is 0 Å². The van der Waals surface area contributed by atoms with Gasteiger partial charge in [0, 0.05) is 10.0 Å². The first-order chi connectivity index (χ1) is 6.43. The second-order valence-corrected chi connectivity index (χ2v) is 4.05. The van der Waals surface area contributed by atoms with Crippen molar-refractivity contribution in [3.05, 3.63) is 27.2 Å². The lowest BCUT2D eigenvalue weighted by molar-refractivity contribution is -0.136. The van der Waals surface area contributed by atoms with Crippen LogP contribution in [-0.2, 0) is 11.2 Å². The molecule has 0 bridgehead atoms. The molecule has 0 heterocycles. The topological polar surface area (TPSA) is 57.5 Å². The number of carboxylic acid groups (broad SMARTS) is 1. The average Bonchev–Trinajstić information content (AvgIpc) is 2.09. The molecule has 0 unspecified atom stereocenters. The number of aliphatic carboxylic acids is 1. The Labute approximate surface area is 90.5 Å². The smallest absolute Gasteiger partial charge is 0.307 e. The molecule has 0 aliphatic heterocycles. The minimum atomic E-state index is -0.944. The number of phenolic OH excluding ortho intramolecular Hbond substituents is 1. The van der Waals surface area contributed by atoms with Gasteiger partial charge in [0.2, 0.25) is 0 Å². The molecule has 0 aliphatic carbocycles. The van der Waals surface area contributed by atoms with E-state index in [1.165, 1.54) is 0 Å². The zero-order valence-electron chi connectivity index (χ0n) is 7.97. The summed E-state index contributed by atoms with van der Waals surface area (Å²) in [6, 6.07) is 1.77. The summed E-state index contributed by atoms with van der Waals surface area (Å²) in [5.74, 6) is -0.867. The molecule has 1 aromatic carbocycles. The van der Waals surface area contributed by atoms with Gasteiger partial charge in [0.25, 0.3) is 0 Å². The van der Waals surface area contributed by atoms with Crippen molar-refractivity contribution in [2.24, 2.45) is 0 Å². The molecule has 1 rings (SSSR count). The molecule has 1 aromatic rings. The Bertz CT molecular complexity index is 359. The first kappa shape index (κ1) is 11.0. The van der Waals surface area contributed by atoms with Gasteiger partial charge in [-0.3, -0.25) is 4.79 Å². The van der Waals surface area contributed by atoms with Gasteiger partial charge < -0.3 is 10.2 Å². The van der Waals surface area contributed by atoms with Gasteiger partial charge in [0.15, 0.2) is 0 Å². The fraction of sp³-hybridized carbons (Fsp3) is 0.300. The summed E-state index contributed by atoms with van der Waals surface area (Å²) in [7, 11) is 0. The zero-order chi connectivity index (χ0) is 10.9. The van der Waals surface area contributed by atoms with Gasteiger partial charge >= 0.3 is 5.97 Å². The molecule has 0 spiro atoms. The third kappa shape index (κ3) is 2.07. The molecular weight excluding hydrogens is 248 g/mol. The summed E-state index contributed by atoms with van der Waals surface area (Å²) in [6.07, 6.45) is -0.155. The maximum Gasteiger partial charge on any atom is 0.307 e. The first-order valence-corrected chi connectivity index (χ1v) is 4.92. The van der Waals surface area contributed by atoms with Crippen LogP contribution in [0.15, 0.2) is 10.5 Å². The van der Waals surface area contributed by atoms with Crippen LogP contribution in [0.1, 0.15) is 16.7 Å². The van der Waals surface area contributed by atoms with Crippen LogP contribution in [0.5, 0.6) is 5.75 Å². The number of halogens is 1. The molecule has 0 saturated carbocycles. The van der Waals surface area contributed by atoms with Crippen LogP contribution in [0.2, 0.25) is 0 Å². The molecule has 0 saturated heterocycles. The van der Waals surface area contributed by atoms with E-state index in [0.29, 0.717) is 11.1 Å². The molecule has 4 heteroatoms. The number of phenols is 1. The summed E-state index contributed by atoms with van der Waals surface area (Å²) in [5.41, 5.74) is 1.93. The van der Waals surface area contributed by atoms with Crippen LogP contribution in [0.25, 0.3) is 0 Å².